The first-order valence-corrected chi connectivity index (χ1v) is 11.0. The Morgan fingerprint density at radius 1 is 0.714 bits per heavy atom. The lowest BCUT2D eigenvalue weighted by Gasteiger charge is -2.44. The van der Waals surface area contributed by atoms with Gasteiger partial charge < -0.3 is 15.3 Å². The van der Waals surface area contributed by atoms with E-state index in [0.29, 0.717) is 16.7 Å². The van der Waals surface area contributed by atoms with Gasteiger partial charge in [-0.1, -0.05) is 91.0 Å². The summed E-state index contributed by atoms with van der Waals surface area (Å²) in [6.07, 6.45) is -0.123. The van der Waals surface area contributed by atoms with Gasteiger partial charge in [-0.25, -0.2) is 0 Å². The lowest BCUT2D eigenvalue weighted by atomic mass is 9.60. The summed E-state index contributed by atoms with van der Waals surface area (Å²) in [6, 6.07) is 23.1. The predicted octanol–water partition coefficient (Wildman–Crippen LogP) is 3.35. The molecule has 5 atom stereocenters. The van der Waals surface area contributed by atoms with E-state index < -0.39 is 39.4 Å². The summed E-state index contributed by atoms with van der Waals surface area (Å²) in [6.45, 7) is 0. The van der Waals surface area contributed by atoms with Crippen LogP contribution in [0, 0.1) is 20.2 Å². The second-order valence-electron chi connectivity index (χ2n) is 7.95. The average molecular weight is 483 g/mol. The molecule has 1 saturated carbocycles. The van der Waals surface area contributed by atoms with Gasteiger partial charge in [-0.3, -0.25) is 20.2 Å². The maximum Gasteiger partial charge on any atom is 0.258 e. The summed E-state index contributed by atoms with van der Waals surface area (Å²) >= 11 is 0. The van der Waals surface area contributed by atoms with Crippen molar-refractivity contribution in [3.8, 4) is 0 Å². The molecular weight excluding hydrogens is 452 g/mol. The van der Waals surface area contributed by atoms with Crippen molar-refractivity contribution in [2.45, 2.75) is 35.9 Å². The second-order valence-corrected chi connectivity index (χ2v) is 7.95. The summed E-state index contributed by atoms with van der Waals surface area (Å²) in [5.41, 5.74) is -0.333. The summed E-state index contributed by atoms with van der Waals surface area (Å²) < 4.78 is 0. The molecule has 1 aliphatic carbocycles. The number of hydrogen-bond donors (Lipinski definition) is 3. The van der Waals surface area contributed by atoms with Crippen molar-refractivity contribution >= 4 is 0 Å². The van der Waals surface area contributed by atoms with E-state index in [4.69, 9.17) is 10.2 Å². The van der Waals surface area contributed by atoms with Gasteiger partial charge in [-0.15, -0.1) is 0 Å². The normalized spacial score (nSPS) is 25.2. The molecule has 1 aliphatic rings. The molecule has 0 radical (unpaired) electrons. The summed E-state index contributed by atoms with van der Waals surface area (Å²) in [7, 11) is 2.00. The Bertz CT molecular complexity index is 1070. The van der Waals surface area contributed by atoms with Crippen molar-refractivity contribution in [3.63, 3.8) is 0 Å². The van der Waals surface area contributed by atoms with Gasteiger partial charge in [0.25, 0.3) is 6.04 Å². The molecule has 0 bridgehead atoms. The van der Waals surface area contributed by atoms with Crippen molar-refractivity contribution in [3.05, 3.63) is 128 Å². The molecule has 0 spiro atoms. The van der Waals surface area contributed by atoms with E-state index in [1.165, 1.54) is 0 Å². The van der Waals surface area contributed by atoms with Gasteiger partial charge in [0, 0.05) is 30.5 Å². The molecule has 3 aromatic carbocycles. The predicted molar refractivity (Wildman–Crippen MR) is 131 cm³/mol. The highest BCUT2D eigenvalue weighted by Gasteiger charge is 2.64. The minimum atomic E-state index is -1.88. The minimum Gasteiger partial charge on any atom is -0.400 e. The fourth-order valence-electron chi connectivity index (χ4n) is 4.98. The van der Waals surface area contributed by atoms with Gasteiger partial charge in [-0.2, -0.15) is 0 Å². The van der Waals surface area contributed by atoms with Gasteiger partial charge in [0.1, 0.15) is 5.92 Å². The van der Waals surface area contributed by atoms with Crippen LogP contribution in [-0.4, -0.2) is 51.5 Å². The van der Waals surface area contributed by atoms with Crippen LogP contribution < -0.4 is 0 Å². The zero-order chi connectivity index (χ0) is 26.0. The lowest BCUT2D eigenvalue weighted by molar-refractivity contribution is -0.595. The number of rotatable bonds is 5. The Morgan fingerprint density at radius 2 is 1.14 bits per heavy atom. The zero-order valence-corrected chi connectivity index (χ0v) is 19.5. The quantitative estimate of drug-likeness (QED) is 0.373. The molecule has 1 fully saturated rings. The molecule has 0 unspecified atom stereocenters. The Labute approximate surface area is 203 Å². The molecule has 4 rings (SSSR count). The number of aliphatic hydroxyl groups is 3. The Balaban J connectivity index is 0.00000103. The third kappa shape index (κ3) is 5.71. The number of nitrogens with zero attached hydrogens (tertiary/aromatic N) is 2. The minimum absolute atomic E-state index is 0.123. The first kappa shape index (κ1) is 27.6. The van der Waals surface area contributed by atoms with Crippen LogP contribution in [0.5, 0.6) is 0 Å². The molecule has 35 heavy (non-hydrogen) atoms. The number of nitro groups is 2. The van der Waals surface area contributed by atoms with Crippen molar-refractivity contribution < 1.29 is 25.2 Å². The fraction of sp³-hybridized carbons (Fsp3) is 0.308. The van der Waals surface area contributed by atoms with Crippen LogP contribution in [0.25, 0.3) is 0 Å². The van der Waals surface area contributed by atoms with Crippen LogP contribution in [0.1, 0.15) is 34.9 Å². The van der Waals surface area contributed by atoms with Crippen LogP contribution in [0.2, 0.25) is 0 Å². The molecule has 3 aromatic rings. The molecular formula is C26H30N2O7. The van der Waals surface area contributed by atoms with Crippen LogP contribution in [-0.2, 0) is 5.60 Å². The maximum atomic E-state index is 12.4. The standard InChI is InChI=1S/C24H22N2O5.2CH4O/c27-24(19-14-8-3-9-15-19)16-20(17-10-4-1-5-11-17)22(25(28)29)21(23(24)26(30)31)18-12-6-2-7-13-18;2*1-2/h1-15,20-23,27H,16H2;2*2H,1H3/t20-,21+,22+,23-,24-;;/m0../s1. The van der Waals surface area contributed by atoms with E-state index in [9.17, 15) is 25.3 Å². The first-order chi connectivity index (χ1) is 16.9. The van der Waals surface area contributed by atoms with Crippen LogP contribution >= 0.6 is 0 Å². The van der Waals surface area contributed by atoms with Crippen molar-refractivity contribution in [1.82, 2.24) is 0 Å². The first-order valence-electron chi connectivity index (χ1n) is 11.0. The molecule has 9 nitrogen and oxygen atoms in total. The average Bonchev–Trinajstić information content (AvgIpc) is 2.91. The van der Waals surface area contributed by atoms with E-state index >= 15 is 0 Å². The molecule has 0 aromatic heterocycles. The Kier molecular flexibility index (Phi) is 10.0. The highest BCUT2D eigenvalue weighted by Crippen LogP contribution is 2.52. The highest BCUT2D eigenvalue weighted by atomic mass is 16.6. The molecule has 0 amide bonds. The Morgan fingerprint density at radius 3 is 1.57 bits per heavy atom. The van der Waals surface area contributed by atoms with E-state index in [2.05, 4.69) is 0 Å². The highest BCUT2D eigenvalue weighted by molar-refractivity contribution is 5.36. The topological polar surface area (TPSA) is 147 Å². The van der Waals surface area contributed by atoms with Gasteiger partial charge in [0.05, 0.1) is 5.92 Å². The molecule has 186 valence electrons. The van der Waals surface area contributed by atoms with Crippen molar-refractivity contribution in [1.29, 1.82) is 0 Å². The third-order valence-electron chi connectivity index (χ3n) is 6.30. The maximum absolute atomic E-state index is 12.4. The SMILES string of the molecule is CO.CO.O=[N+]([O-])[C@H]1[C@@H](c2ccccc2)[C@H]([N+](=O)[O-])[C@@](O)(c2ccccc2)C[C@H]1c1ccccc1. The smallest absolute Gasteiger partial charge is 0.258 e. The van der Waals surface area contributed by atoms with Gasteiger partial charge in [0.15, 0.2) is 5.60 Å². The number of benzene rings is 3. The Hall–Kier alpha value is -3.66. The third-order valence-corrected chi connectivity index (χ3v) is 6.30. The van der Waals surface area contributed by atoms with E-state index in [1.54, 1.807) is 84.9 Å². The van der Waals surface area contributed by atoms with Crippen molar-refractivity contribution in [2.75, 3.05) is 14.2 Å². The second kappa shape index (κ2) is 12.7. The summed E-state index contributed by atoms with van der Waals surface area (Å²) in [5.74, 6) is -1.82. The van der Waals surface area contributed by atoms with Crippen LogP contribution in [0.15, 0.2) is 91.0 Å². The van der Waals surface area contributed by atoms with Crippen molar-refractivity contribution in [2.24, 2.45) is 0 Å². The number of aliphatic hydroxyl groups excluding tert-OH is 2. The fourth-order valence-corrected chi connectivity index (χ4v) is 4.98. The largest absolute Gasteiger partial charge is 0.400 e. The van der Waals surface area contributed by atoms with E-state index in [1.807, 2.05) is 6.07 Å². The lowest BCUT2D eigenvalue weighted by Crippen LogP contribution is -2.59. The van der Waals surface area contributed by atoms with E-state index in [-0.39, 0.29) is 6.42 Å². The number of hydrogen-bond acceptors (Lipinski definition) is 7. The molecule has 0 heterocycles. The summed E-state index contributed by atoms with van der Waals surface area (Å²) in [5, 5.41) is 50.6. The van der Waals surface area contributed by atoms with Gasteiger partial charge in [0.2, 0.25) is 6.04 Å². The monoisotopic (exact) mass is 482 g/mol. The molecule has 0 aliphatic heterocycles. The molecule has 3 N–H and O–H groups in total. The van der Waals surface area contributed by atoms with Crippen LogP contribution in [0.4, 0.5) is 0 Å². The van der Waals surface area contributed by atoms with Gasteiger partial charge >= 0.3 is 0 Å². The van der Waals surface area contributed by atoms with Crippen LogP contribution in [0.3, 0.4) is 0 Å². The molecule has 0 saturated heterocycles. The zero-order valence-electron chi connectivity index (χ0n) is 19.5. The van der Waals surface area contributed by atoms with E-state index in [0.717, 1.165) is 14.2 Å². The summed E-state index contributed by atoms with van der Waals surface area (Å²) in [4.78, 5) is 23.7. The molecule has 9 heteroatoms. The van der Waals surface area contributed by atoms with Gasteiger partial charge in [-0.05, 0) is 16.7 Å².